The van der Waals surface area contributed by atoms with Gasteiger partial charge in [-0.15, -0.1) is 34.2 Å². The molecule has 1 saturated carbocycles. The highest BCUT2D eigenvalue weighted by Gasteiger charge is 2.28. The molecule has 2 aliphatic rings. The molecule has 0 bridgehead atoms. The molecule has 0 amide bonds. The number of aromatic nitrogens is 3. The molecule has 1 aliphatic carbocycles. The van der Waals surface area contributed by atoms with Gasteiger partial charge in [0.2, 0.25) is 0 Å². The number of nitrogens with one attached hydrogen (secondary N) is 2. The van der Waals surface area contributed by atoms with Crippen molar-refractivity contribution in [1.82, 2.24) is 25.4 Å². The zero-order valence-corrected chi connectivity index (χ0v) is 21.8. The maximum Gasteiger partial charge on any atom is 0.191 e. The van der Waals surface area contributed by atoms with Crippen molar-refractivity contribution in [2.75, 3.05) is 13.2 Å². The lowest BCUT2D eigenvalue weighted by Gasteiger charge is -2.33. The predicted octanol–water partition coefficient (Wildman–Crippen LogP) is 4.20. The molecule has 2 fully saturated rings. The molecular weight excluding hydrogens is 515 g/mol. The first-order chi connectivity index (χ1) is 15.1. The number of guanidine groups is 1. The average molecular weight is 553 g/mol. The normalized spacial score (nSPS) is 21.9. The fourth-order valence-corrected chi connectivity index (χ4v) is 4.56. The molecule has 2 N–H and O–H groups in total. The standard InChI is InChI=1S/C24H36N6O.HI/c1-17-10-12-19(13-11-17)23-20(7-6-14-31-23)15-25-24(27-21-8-4-5-9-21)26-16-22-29-28-18(2)30(22)3;/h10-13,20-21,23H,4-9,14-16H2,1-3H3,(H2,25,26,27);1H. The van der Waals surface area contributed by atoms with Crippen LogP contribution in [0.3, 0.4) is 0 Å². The number of benzene rings is 1. The van der Waals surface area contributed by atoms with Crippen molar-refractivity contribution in [3.63, 3.8) is 0 Å². The highest BCUT2D eigenvalue weighted by Crippen LogP contribution is 2.33. The average Bonchev–Trinajstić information content (AvgIpc) is 3.41. The third-order valence-electron chi connectivity index (χ3n) is 6.64. The first kappa shape index (κ1) is 25.0. The fourth-order valence-electron chi connectivity index (χ4n) is 4.56. The molecule has 8 heteroatoms. The quantitative estimate of drug-likeness (QED) is 0.319. The van der Waals surface area contributed by atoms with Crippen LogP contribution in [0.5, 0.6) is 0 Å². The Morgan fingerprint density at radius 2 is 1.84 bits per heavy atom. The van der Waals surface area contributed by atoms with Crippen LogP contribution in [0.25, 0.3) is 0 Å². The van der Waals surface area contributed by atoms with Crippen molar-refractivity contribution < 1.29 is 4.74 Å². The zero-order chi connectivity index (χ0) is 21.6. The highest BCUT2D eigenvalue weighted by atomic mass is 127. The lowest BCUT2D eigenvalue weighted by Crippen LogP contribution is -2.45. The molecule has 2 unspecified atom stereocenters. The van der Waals surface area contributed by atoms with Gasteiger partial charge in [0, 0.05) is 32.2 Å². The molecule has 1 aromatic heterocycles. The van der Waals surface area contributed by atoms with Gasteiger partial charge in [0.15, 0.2) is 11.8 Å². The maximum absolute atomic E-state index is 6.21. The van der Waals surface area contributed by atoms with Gasteiger partial charge in [0.1, 0.15) is 12.4 Å². The summed E-state index contributed by atoms with van der Waals surface area (Å²) in [5, 5.41) is 15.7. The van der Waals surface area contributed by atoms with Crippen molar-refractivity contribution in [2.24, 2.45) is 18.0 Å². The van der Waals surface area contributed by atoms with Crippen LogP contribution >= 0.6 is 24.0 Å². The largest absolute Gasteiger partial charge is 0.373 e. The van der Waals surface area contributed by atoms with Crippen LogP contribution in [0, 0.1) is 19.8 Å². The summed E-state index contributed by atoms with van der Waals surface area (Å²) < 4.78 is 8.21. The summed E-state index contributed by atoms with van der Waals surface area (Å²) in [5.74, 6) is 3.08. The van der Waals surface area contributed by atoms with Crippen molar-refractivity contribution in [2.45, 2.75) is 71.1 Å². The molecular formula is C24H37IN6O. The van der Waals surface area contributed by atoms with E-state index in [0.29, 0.717) is 18.5 Å². The first-order valence-corrected chi connectivity index (χ1v) is 11.7. The van der Waals surface area contributed by atoms with E-state index in [0.717, 1.165) is 43.6 Å². The molecule has 176 valence electrons. The van der Waals surface area contributed by atoms with Gasteiger partial charge >= 0.3 is 0 Å². The van der Waals surface area contributed by atoms with Gasteiger partial charge in [-0.3, -0.25) is 0 Å². The highest BCUT2D eigenvalue weighted by molar-refractivity contribution is 14.0. The monoisotopic (exact) mass is 552 g/mol. The number of ether oxygens (including phenoxy) is 1. The fraction of sp³-hybridized carbons (Fsp3) is 0.625. The van der Waals surface area contributed by atoms with E-state index in [2.05, 4.69) is 52.0 Å². The van der Waals surface area contributed by atoms with E-state index in [9.17, 15) is 0 Å². The molecule has 7 nitrogen and oxygen atoms in total. The molecule has 2 heterocycles. The zero-order valence-electron chi connectivity index (χ0n) is 19.5. The second kappa shape index (κ2) is 12.0. The van der Waals surface area contributed by atoms with Gasteiger partial charge in [-0.25, -0.2) is 4.99 Å². The molecule has 4 rings (SSSR count). The summed E-state index contributed by atoms with van der Waals surface area (Å²) in [6.45, 7) is 6.28. The van der Waals surface area contributed by atoms with Crippen LogP contribution in [0.1, 0.15) is 67.4 Å². The summed E-state index contributed by atoms with van der Waals surface area (Å²) in [6, 6.07) is 9.27. The topological polar surface area (TPSA) is 76.4 Å². The number of halogens is 1. The van der Waals surface area contributed by atoms with Crippen LogP contribution in [0.2, 0.25) is 0 Å². The second-order valence-corrected chi connectivity index (χ2v) is 9.00. The molecule has 0 radical (unpaired) electrons. The van der Waals surface area contributed by atoms with Crippen LogP contribution in [0.15, 0.2) is 29.3 Å². The Morgan fingerprint density at radius 3 is 2.53 bits per heavy atom. The van der Waals surface area contributed by atoms with Gasteiger partial charge in [-0.05, 0) is 45.1 Å². The number of rotatable bonds is 6. The van der Waals surface area contributed by atoms with E-state index in [1.54, 1.807) is 0 Å². The lowest BCUT2D eigenvalue weighted by molar-refractivity contribution is -0.0265. The van der Waals surface area contributed by atoms with Gasteiger partial charge in [-0.1, -0.05) is 42.7 Å². The van der Waals surface area contributed by atoms with Crippen LogP contribution in [0.4, 0.5) is 0 Å². The molecule has 1 aromatic carbocycles. The number of hydrogen-bond acceptors (Lipinski definition) is 4. The van der Waals surface area contributed by atoms with Gasteiger partial charge < -0.3 is 19.9 Å². The summed E-state index contributed by atoms with van der Waals surface area (Å²) in [7, 11) is 1.99. The SMILES string of the molecule is Cc1ccc(C2OCCCC2CNC(=NCc2nnc(C)n2C)NC2CCCC2)cc1.I. The maximum atomic E-state index is 6.21. The Bertz CT molecular complexity index is 875. The summed E-state index contributed by atoms with van der Waals surface area (Å²) in [6.07, 6.45) is 7.40. The van der Waals surface area contributed by atoms with Crippen molar-refractivity contribution in [3.8, 4) is 0 Å². The van der Waals surface area contributed by atoms with Gasteiger partial charge in [0.25, 0.3) is 0 Å². The van der Waals surface area contributed by atoms with Crippen molar-refractivity contribution in [3.05, 3.63) is 47.0 Å². The van der Waals surface area contributed by atoms with E-state index >= 15 is 0 Å². The van der Waals surface area contributed by atoms with Gasteiger partial charge in [-0.2, -0.15) is 0 Å². The van der Waals surface area contributed by atoms with E-state index in [1.807, 2.05) is 18.5 Å². The van der Waals surface area contributed by atoms with Gasteiger partial charge in [0.05, 0.1) is 6.10 Å². The molecule has 1 saturated heterocycles. The third kappa shape index (κ3) is 6.43. The smallest absolute Gasteiger partial charge is 0.191 e. The number of aliphatic imine (C=N–C) groups is 1. The van der Waals surface area contributed by atoms with Crippen LogP contribution < -0.4 is 10.6 Å². The Balaban J connectivity index is 0.00000289. The molecule has 1 aliphatic heterocycles. The van der Waals surface area contributed by atoms with Crippen LogP contribution in [-0.4, -0.2) is 39.9 Å². The minimum Gasteiger partial charge on any atom is -0.373 e. The van der Waals surface area contributed by atoms with Crippen molar-refractivity contribution in [1.29, 1.82) is 0 Å². The molecule has 2 atom stereocenters. The predicted molar refractivity (Wildman–Crippen MR) is 138 cm³/mol. The first-order valence-electron chi connectivity index (χ1n) is 11.7. The molecule has 32 heavy (non-hydrogen) atoms. The Kier molecular flexibility index (Phi) is 9.34. The van der Waals surface area contributed by atoms with Crippen LogP contribution in [-0.2, 0) is 18.3 Å². The number of aryl methyl sites for hydroxylation is 2. The molecule has 2 aromatic rings. The van der Waals surface area contributed by atoms with E-state index in [-0.39, 0.29) is 30.1 Å². The van der Waals surface area contributed by atoms with E-state index in [4.69, 9.17) is 9.73 Å². The minimum atomic E-state index is 0. The van der Waals surface area contributed by atoms with Crippen molar-refractivity contribution >= 4 is 29.9 Å². The summed E-state index contributed by atoms with van der Waals surface area (Å²) >= 11 is 0. The number of hydrogen-bond donors (Lipinski definition) is 2. The Labute approximate surface area is 208 Å². The summed E-state index contributed by atoms with van der Waals surface area (Å²) in [5.41, 5.74) is 2.55. The van der Waals surface area contributed by atoms with E-state index in [1.165, 1.54) is 36.8 Å². The minimum absolute atomic E-state index is 0. The number of nitrogens with zero attached hydrogens (tertiary/aromatic N) is 4. The van der Waals surface area contributed by atoms with E-state index < -0.39 is 0 Å². The third-order valence-corrected chi connectivity index (χ3v) is 6.64. The summed E-state index contributed by atoms with van der Waals surface area (Å²) in [4.78, 5) is 4.86. The Hall–Kier alpha value is -1.68. The second-order valence-electron chi connectivity index (χ2n) is 9.00. The molecule has 0 spiro atoms. The Morgan fingerprint density at radius 1 is 1.09 bits per heavy atom. The lowest BCUT2D eigenvalue weighted by atomic mass is 9.89.